The number of hydrogen-bond donors (Lipinski definition) is 3. The predicted molar refractivity (Wildman–Crippen MR) is 300 cm³/mol. The lowest BCUT2D eigenvalue weighted by Crippen LogP contribution is -2.46. The van der Waals surface area contributed by atoms with Crippen LogP contribution in [0, 0.1) is 6.92 Å². The van der Waals surface area contributed by atoms with Crippen LogP contribution in [0.25, 0.3) is 0 Å². The van der Waals surface area contributed by atoms with Gasteiger partial charge < -0.3 is 57.4 Å². The average molecular weight is 1090 g/mol. The summed E-state index contributed by atoms with van der Waals surface area (Å²) >= 11 is 0. The third-order valence-corrected chi connectivity index (χ3v) is 18.0. The molecule has 1 unspecified atom stereocenters. The van der Waals surface area contributed by atoms with Crippen molar-refractivity contribution in [1.29, 1.82) is 0 Å². The quantitative estimate of drug-likeness (QED) is 0.0354. The van der Waals surface area contributed by atoms with Gasteiger partial charge >= 0.3 is 12.2 Å². The summed E-state index contributed by atoms with van der Waals surface area (Å²) in [5, 5.41) is 8.43. The van der Waals surface area contributed by atoms with Gasteiger partial charge in [0.05, 0.1) is 81.9 Å². The molecule has 0 aromatic heterocycles. The predicted octanol–water partition coefficient (Wildman–Crippen LogP) is 9.63. The first-order chi connectivity index (χ1) is 36.7. The molecule has 0 spiro atoms. The van der Waals surface area contributed by atoms with E-state index in [1.54, 1.807) is 28.9 Å². The van der Waals surface area contributed by atoms with E-state index >= 15 is 0 Å². The standard InChI is InChI=1S/C57H85N5O14Si/c1-14-20-69-25-26-70-27-28-71-38-52(63)58-42(19-24-73-51-34-48(60-56(67)75-22-16-3)46(32-50(51)68-11)54(65)61-35-39(5)29-43(61)17-4)18-23-72-49-33-47(59-55(66)74-21-15-2)45(31-41(49)7)53(64)62-36-40(6)30-44(62)37-76-77(12,13)57(8,9)10/h15-16,31-34,42-44H,2-3,5-6,14,17-30,35-38H2,1,4,7-13H3,(H,58,63)(H,59,66)(H,60,67)/t42?,43-,44+/m1/s1. The molecule has 3 atom stereocenters. The van der Waals surface area contributed by atoms with Gasteiger partial charge in [-0.1, -0.05) is 84.2 Å². The molecule has 20 heteroatoms. The molecule has 5 amide bonds. The zero-order chi connectivity index (χ0) is 56.7. The third-order valence-electron chi connectivity index (χ3n) is 13.5. The minimum Gasteiger partial charge on any atom is -0.493 e. The number of nitrogens with one attached hydrogen (secondary N) is 3. The Bertz CT molecular complexity index is 2370. The average Bonchev–Trinajstić information content (AvgIpc) is 3.97. The van der Waals surface area contributed by atoms with Crippen molar-refractivity contribution < 1.29 is 66.3 Å². The molecule has 0 saturated carbocycles. The Kier molecular flexibility index (Phi) is 25.7. The summed E-state index contributed by atoms with van der Waals surface area (Å²) in [5.74, 6) is -0.185. The van der Waals surface area contributed by atoms with Crippen molar-refractivity contribution in [2.45, 2.75) is 116 Å². The Morgan fingerprint density at radius 3 is 1.75 bits per heavy atom. The van der Waals surface area contributed by atoms with Gasteiger partial charge in [0.25, 0.3) is 11.8 Å². The molecule has 2 fully saturated rings. The molecule has 19 nitrogen and oxygen atoms in total. The van der Waals surface area contributed by atoms with Gasteiger partial charge in [0, 0.05) is 56.8 Å². The highest BCUT2D eigenvalue weighted by atomic mass is 28.4. The minimum atomic E-state index is -2.15. The number of anilines is 2. The van der Waals surface area contributed by atoms with Crippen molar-refractivity contribution >= 4 is 49.6 Å². The highest BCUT2D eigenvalue weighted by molar-refractivity contribution is 6.74. The Morgan fingerprint density at radius 1 is 0.714 bits per heavy atom. The summed E-state index contributed by atoms with van der Waals surface area (Å²) in [6, 6.07) is 5.45. The first kappa shape index (κ1) is 63.3. The van der Waals surface area contributed by atoms with Crippen LogP contribution in [0.15, 0.2) is 73.9 Å². The number of carbonyl (C=O) groups excluding carboxylic acids is 5. The number of aryl methyl sites for hydroxylation is 1. The van der Waals surface area contributed by atoms with Gasteiger partial charge in [-0.2, -0.15) is 0 Å². The number of benzene rings is 2. The van der Waals surface area contributed by atoms with Gasteiger partial charge in [0.2, 0.25) is 5.91 Å². The van der Waals surface area contributed by atoms with E-state index in [9.17, 15) is 24.0 Å². The van der Waals surface area contributed by atoms with E-state index in [1.165, 1.54) is 31.4 Å². The SMILES string of the molecule is C=CCOC(=O)Nc1cc(OCCC(CCOc2cc(NC(=O)OCC=C)c(C(=O)N3CC(=C)C[C@H]3CO[Si](C)(C)C(C)(C)C)cc2C)NC(=O)COCCOCCOCCC)c(OC)cc1C(=O)N1CC(=C)C[C@H]1CC. The van der Waals surface area contributed by atoms with Crippen molar-refractivity contribution in [2.75, 3.05) is 104 Å². The maximum absolute atomic E-state index is 14.5. The number of hydrogen-bond acceptors (Lipinski definition) is 14. The lowest BCUT2D eigenvalue weighted by atomic mass is 10.1. The van der Waals surface area contributed by atoms with Crippen LogP contribution in [-0.4, -0.2) is 159 Å². The second-order valence-corrected chi connectivity index (χ2v) is 25.4. The lowest BCUT2D eigenvalue weighted by Gasteiger charge is -2.38. The van der Waals surface area contributed by atoms with Crippen LogP contribution in [0.1, 0.15) is 99.4 Å². The molecule has 4 rings (SSSR count). The fourth-order valence-corrected chi connectivity index (χ4v) is 9.34. The number of nitrogens with zero attached hydrogens (tertiary/aromatic N) is 2. The van der Waals surface area contributed by atoms with Crippen molar-refractivity contribution in [3.05, 3.63) is 90.6 Å². The summed E-state index contributed by atoms with van der Waals surface area (Å²) in [4.78, 5) is 71.4. The molecule has 2 aromatic carbocycles. The van der Waals surface area contributed by atoms with Crippen LogP contribution < -0.4 is 30.2 Å². The molecule has 3 N–H and O–H groups in total. The molecule has 0 bridgehead atoms. The van der Waals surface area contributed by atoms with Gasteiger partial charge in [-0.3, -0.25) is 25.0 Å². The molecule has 2 aromatic rings. The highest BCUT2D eigenvalue weighted by Crippen LogP contribution is 2.39. The molecule has 2 aliphatic rings. The lowest BCUT2D eigenvalue weighted by molar-refractivity contribution is -0.127. The van der Waals surface area contributed by atoms with Crippen molar-refractivity contribution in [3.63, 3.8) is 0 Å². The minimum absolute atomic E-state index is 0.0265. The molecule has 0 aliphatic carbocycles. The summed E-state index contributed by atoms with van der Waals surface area (Å²) in [6.45, 7) is 35.0. The number of methoxy groups -OCH3 is 1. The number of carbonyl (C=O) groups is 5. The Morgan fingerprint density at radius 2 is 1.22 bits per heavy atom. The van der Waals surface area contributed by atoms with Crippen LogP contribution in [-0.2, 0) is 32.9 Å². The highest BCUT2D eigenvalue weighted by Gasteiger charge is 2.40. The summed E-state index contributed by atoms with van der Waals surface area (Å²) < 4.78 is 52.1. The van der Waals surface area contributed by atoms with E-state index in [-0.39, 0.29) is 128 Å². The van der Waals surface area contributed by atoms with Crippen LogP contribution in [0.4, 0.5) is 21.0 Å². The number of amides is 5. The van der Waals surface area contributed by atoms with Crippen molar-refractivity contribution in [3.8, 4) is 17.2 Å². The number of ether oxygens (including phenoxy) is 8. The maximum atomic E-state index is 14.5. The molecular formula is C57H85N5O14Si. The molecule has 2 saturated heterocycles. The van der Waals surface area contributed by atoms with Gasteiger partial charge in [-0.15, -0.1) is 0 Å². The fourth-order valence-electron chi connectivity index (χ4n) is 8.30. The van der Waals surface area contributed by atoms with E-state index in [1.807, 2.05) is 13.8 Å². The van der Waals surface area contributed by atoms with Crippen LogP contribution >= 0.6 is 0 Å². The first-order valence-electron chi connectivity index (χ1n) is 26.5. The number of likely N-dealkylation sites (tertiary alicyclic amines) is 2. The van der Waals surface area contributed by atoms with Crippen molar-refractivity contribution in [1.82, 2.24) is 15.1 Å². The Labute approximate surface area is 457 Å². The van der Waals surface area contributed by atoms with E-state index in [4.69, 9.17) is 42.3 Å². The van der Waals surface area contributed by atoms with E-state index in [0.717, 1.165) is 17.6 Å². The zero-order valence-corrected chi connectivity index (χ0v) is 48.1. The van der Waals surface area contributed by atoms with Gasteiger partial charge in [0.15, 0.2) is 19.8 Å². The largest absolute Gasteiger partial charge is 0.493 e. The molecule has 2 heterocycles. The normalized spacial score (nSPS) is 15.9. The zero-order valence-electron chi connectivity index (χ0n) is 47.1. The number of rotatable bonds is 32. The summed E-state index contributed by atoms with van der Waals surface area (Å²) in [7, 11) is -0.699. The second kappa shape index (κ2) is 31.3. The van der Waals surface area contributed by atoms with Crippen molar-refractivity contribution in [2.24, 2.45) is 0 Å². The Balaban J connectivity index is 1.57. The van der Waals surface area contributed by atoms with Crippen LogP contribution in [0.5, 0.6) is 17.2 Å². The van der Waals surface area contributed by atoms with Crippen LogP contribution in [0.2, 0.25) is 18.1 Å². The van der Waals surface area contributed by atoms with E-state index in [0.29, 0.717) is 70.1 Å². The molecule has 2 aliphatic heterocycles. The topological polar surface area (TPSA) is 211 Å². The fraction of sp³-hybridized carbons (Fsp3) is 0.561. The molecule has 426 valence electrons. The van der Waals surface area contributed by atoms with Gasteiger partial charge in [0.1, 0.15) is 25.6 Å². The van der Waals surface area contributed by atoms with E-state index in [2.05, 4.69) is 76.1 Å². The third kappa shape index (κ3) is 19.6. The molecular weight excluding hydrogens is 1010 g/mol. The first-order valence-corrected chi connectivity index (χ1v) is 29.4. The smallest absolute Gasteiger partial charge is 0.411 e. The summed E-state index contributed by atoms with van der Waals surface area (Å²) in [5.41, 5.74) is 3.19. The molecule has 0 radical (unpaired) electrons. The second-order valence-electron chi connectivity index (χ2n) is 20.6. The van der Waals surface area contributed by atoms with Crippen LogP contribution in [0.3, 0.4) is 0 Å². The summed E-state index contributed by atoms with van der Waals surface area (Å²) in [6.07, 6.45) is 4.71. The maximum Gasteiger partial charge on any atom is 0.411 e. The Hall–Kier alpha value is -6.19. The monoisotopic (exact) mass is 1090 g/mol. The van der Waals surface area contributed by atoms with E-state index < -0.39 is 26.5 Å². The molecule has 77 heavy (non-hydrogen) atoms. The van der Waals surface area contributed by atoms with Gasteiger partial charge in [-0.25, -0.2) is 9.59 Å². The van der Waals surface area contributed by atoms with Gasteiger partial charge in [-0.05, 0) is 68.4 Å².